The molecular weight excluding hydrogens is 358 g/mol. The molecule has 2 aromatic heterocycles. The monoisotopic (exact) mass is 371 g/mol. The Hall–Kier alpha value is -1.32. The van der Waals surface area contributed by atoms with Crippen molar-refractivity contribution in [3.05, 3.63) is 34.7 Å². The van der Waals surface area contributed by atoms with Crippen molar-refractivity contribution in [2.75, 3.05) is 0 Å². The maximum atomic E-state index is 12.5. The number of sulfonamides is 1. The molecule has 2 heterocycles. The second-order valence-electron chi connectivity index (χ2n) is 5.07. The minimum Gasteiger partial charge on any atom is -0.263 e. The van der Waals surface area contributed by atoms with Crippen molar-refractivity contribution in [1.29, 1.82) is 0 Å². The number of nitrogens with zero attached hydrogens (tertiary/aromatic N) is 4. The van der Waals surface area contributed by atoms with Crippen molar-refractivity contribution in [3.63, 3.8) is 0 Å². The van der Waals surface area contributed by atoms with Gasteiger partial charge in [0.25, 0.3) is 10.0 Å². The molecule has 0 aliphatic heterocycles. The molecule has 1 aliphatic rings. The van der Waals surface area contributed by atoms with Gasteiger partial charge in [-0.3, -0.25) is 4.98 Å². The van der Waals surface area contributed by atoms with Crippen molar-refractivity contribution >= 4 is 26.0 Å². The first-order chi connectivity index (χ1) is 9.97. The summed E-state index contributed by atoms with van der Waals surface area (Å²) in [6.07, 6.45) is 6.61. The second kappa shape index (κ2) is 5.47. The number of hydrogen-bond donors (Lipinski definition) is 1. The van der Waals surface area contributed by atoms with E-state index >= 15 is 0 Å². The van der Waals surface area contributed by atoms with Crippen LogP contribution in [0.25, 0.3) is 0 Å². The summed E-state index contributed by atoms with van der Waals surface area (Å²) in [7, 11) is -2.12. The quantitative estimate of drug-likeness (QED) is 0.857. The summed E-state index contributed by atoms with van der Waals surface area (Å²) in [6.45, 7) is 0. The van der Waals surface area contributed by atoms with Gasteiger partial charge in [-0.05, 0) is 46.3 Å². The third kappa shape index (κ3) is 3.14. The number of aromatic nitrogens is 4. The highest BCUT2D eigenvalue weighted by Crippen LogP contribution is 2.41. The van der Waals surface area contributed by atoms with Crippen molar-refractivity contribution in [2.24, 2.45) is 13.0 Å². The van der Waals surface area contributed by atoms with E-state index in [1.807, 2.05) is 6.07 Å². The fraction of sp³-hybridized carbons (Fsp3) is 0.417. The van der Waals surface area contributed by atoms with E-state index in [1.54, 1.807) is 19.4 Å². The summed E-state index contributed by atoms with van der Waals surface area (Å²) in [5.41, 5.74) is 0.852. The van der Waals surface area contributed by atoms with Crippen LogP contribution in [0.4, 0.5) is 0 Å². The van der Waals surface area contributed by atoms with Gasteiger partial charge >= 0.3 is 0 Å². The zero-order chi connectivity index (χ0) is 15.0. The smallest absolute Gasteiger partial charge is 0.259 e. The fourth-order valence-electron chi connectivity index (χ4n) is 2.22. The van der Waals surface area contributed by atoms with Crippen LogP contribution in [0, 0.1) is 5.92 Å². The Morgan fingerprint density at radius 1 is 1.38 bits per heavy atom. The predicted octanol–water partition coefficient (Wildman–Crippen LogP) is 1.40. The molecule has 1 atom stereocenters. The van der Waals surface area contributed by atoms with E-state index in [1.165, 1.54) is 10.9 Å². The normalized spacial score (nSPS) is 16.9. The van der Waals surface area contributed by atoms with Crippen LogP contribution < -0.4 is 4.72 Å². The molecular formula is C12H14BrN5O2S. The molecule has 7 nitrogen and oxygen atoms in total. The summed E-state index contributed by atoms with van der Waals surface area (Å²) in [5.74, 6) is 0.303. The fourth-order valence-corrected chi connectivity index (χ4v) is 3.95. The molecule has 1 fully saturated rings. The van der Waals surface area contributed by atoms with Crippen LogP contribution in [-0.4, -0.2) is 28.4 Å². The van der Waals surface area contributed by atoms with Crippen LogP contribution >= 0.6 is 15.9 Å². The van der Waals surface area contributed by atoms with Gasteiger partial charge in [0, 0.05) is 23.9 Å². The van der Waals surface area contributed by atoms with Crippen LogP contribution in [0.1, 0.15) is 24.4 Å². The van der Waals surface area contributed by atoms with E-state index in [2.05, 4.69) is 35.9 Å². The Kier molecular flexibility index (Phi) is 3.80. The zero-order valence-electron chi connectivity index (χ0n) is 11.3. The van der Waals surface area contributed by atoms with E-state index in [0.717, 1.165) is 22.9 Å². The molecule has 1 unspecified atom stereocenters. The maximum absolute atomic E-state index is 12.5. The molecule has 1 aliphatic carbocycles. The number of hydrogen-bond acceptors (Lipinski definition) is 5. The number of nitrogens with one attached hydrogen (secondary N) is 1. The highest BCUT2D eigenvalue weighted by atomic mass is 79.9. The van der Waals surface area contributed by atoms with E-state index in [0.29, 0.717) is 5.92 Å². The SMILES string of the molecule is Cn1nncc1S(=O)(=O)NC(c1cncc(Br)c1)C1CC1. The Morgan fingerprint density at radius 3 is 2.71 bits per heavy atom. The molecule has 0 aromatic carbocycles. The average molecular weight is 372 g/mol. The van der Waals surface area contributed by atoms with Crippen molar-refractivity contribution in [1.82, 2.24) is 24.7 Å². The molecule has 0 spiro atoms. The molecule has 0 amide bonds. The molecule has 9 heteroatoms. The first-order valence-electron chi connectivity index (χ1n) is 6.45. The van der Waals surface area contributed by atoms with E-state index in [4.69, 9.17) is 0 Å². The lowest BCUT2D eigenvalue weighted by Gasteiger charge is -2.18. The van der Waals surface area contributed by atoms with Gasteiger partial charge in [-0.1, -0.05) is 5.21 Å². The lowest BCUT2D eigenvalue weighted by Crippen LogP contribution is -2.31. The van der Waals surface area contributed by atoms with Crippen LogP contribution in [-0.2, 0) is 17.1 Å². The highest BCUT2D eigenvalue weighted by Gasteiger charge is 2.36. The van der Waals surface area contributed by atoms with Gasteiger partial charge in [0.05, 0.1) is 12.2 Å². The first kappa shape index (κ1) is 14.6. The first-order valence-corrected chi connectivity index (χ1v) is 8.72. The summed E-state index contributed by atoms with van der Waals surface area (Å²) >= 11 is 3.37. The zero-order valence-corrected chi connectivity index (χ0v) is 13.7. The lowest BCUT2D eigenvalue weighted by atomic mass is 10.1. The van der Waals surface area contributed by atoms with Gasteiger partial charge in [-0.2, -0.15) is 0 Å². The number of rotatable bonds is 5. The van der Waals surface area contributed by atoms with Gasteiger partial charge in [0.1, 0.15) is 0 Å². The minimum atomic E-state index is -3.67. The average Bonchev–Trinajstić information content (AvgIpc) is 3.17. The van der Waals surface area contributed by atoms with Gasteiger partial charge in [0.2, 0.25) is 0 Å². The molecule has 0 radical (unpaired) electrons. The topological polar surface area (TPSA) is 89.8 Å². The molecule has 0 saturated heterocycles. The number of halogens is 1. The Bertz CT molecular complexity index is 757. The molecule has 112 valence electrons. The Morgan fingerprint density at radius 2 is 2.14 bits per heavy atom. The van der Waals surface area contributed by atoms with E-state index in [-0.39, 0.29) is 11.1 Å². The van der Waals surface area contributed by atoms with Crippen molar-refractivity contribution in [2.45, 2.75) is 23.9 Å². The minimum absolute atomic E-state index is 0.0519. The summed E-state index contributed by atoms with van der Waals surface area (Å²) in [4.78, 5) is 4.11. The second-order valence-corrected chi connectivity index (χ2v) is 7.65. The standard InChI is InChI=1S/C12H14BrN5O2S/c1-18-11(7-15-17-18)21(19,20)16-12(8-2-3-8)9-4-10(13)6-14-5-9/h4-8,12,16H,2-3H2,1H3. The number of pyridine rings is 1. The summed E-state index contributed by atoms with van der Waals surface area (Å²) < 4.78 is 29.8. The molecule has 3 rings (SSSR count). The van der Waals surface area contributed by atoms with Gasteiger partial charge in [0.15, 0.2) is 5.03 Å². The van der Waals surface area contributed by atoms with Gasteiger partial charge < -0.3 is 0 Å². The van der Waals surface area contributed by atoms with Crippen molar-refractivity contribution < 1.29 is 8.42 Å². The van der Waals surface area contributed by atoms with Crippen LogP contribution in [0.15, 0.2) is 34.2 Å². The van der Waals surface area contributed by atoms with Gasteiger partial charge in [-0.25, -0.2) is 17.8 Å². The highest BCUT2D eigenvalue weighted by molar-refractivity contribution is 9.10. The van der Waals surface area contributed by atoms with Crippen LogP contribution in [0.5, 0.6) is 0 Å². The van der Waals surface area contributed by atoms with Crippen molar-refractivity contribution in [3.8, 4) is 0 Å². The number of aryl methyl sites for hydroxylation is 1. The molecule has 1 saturated carbocycles. The van der Waals surface area contributed by atoms with E-state index in [9.17, 15) is 8.42 Å². The summed E-state index contributed by atoms with van der Waals surface area (Å²) in [5, 5.41) is 7.33. The Balaban J connectivity index is 1.91. The molecule has 2 aromatic rings. The van der Waals surface area contributed by atoms with Gasteiger partial charge in [-0.15, -0.1) is 5.10 Å². The lowest BCUT2D eigenvalue weighted by molar-refractivity contribution is 0.517. The molecule has 1 N–H and O–H groups in total. The molecule has 21 heavy (non-hydrogen) atoms. The van der Waals surface area contributed by atoms with Crippen LogP contribution in [0.3, 0.4) is 0 Å². The molecule has 0 bridgehead atoms. The third-order valence-corrected chi connectivity index (χ3v) is 5.33. The Labute approximate surface area is 131 Å². The summed E-state index contributed by atoms with van der Waals surface area (Å²) in [6, 6.07) is 1.61. The van der Waals surface area contributed by atoms with Crippen LogP contribution in [0.2, 0.25) is 0 Å². The third-order valence-electron chi connectivity index (χ3n) is 3.41. The maximum Gasteiger partial charge on any atom is 0.259 e. The van der Waals surface area contributed by atoms with E-state index < -0.39 is 10.0 Å². The largest absolute Gasteiger partial charge is 0.263 e. The predicted molar refractivity (Wildman–Crippen MR) is 78.7 cm³/mol.